The number of hydrazone groups is 1. The normalized spacial score (nSPS) is 13.5. The summed E-state index contributed by atoms with van der Waals surface area (Å²) in [5, 5.41) is 10.8. The van der Waals surface area contributed by atoms with Crippen LogP contribution in [0.2, 0.25) is 0 Å². The monoisotopic (exact) mass is 449 g/mol. The second kappa shape index (κ2) is 9.65. The first-order valence-corrected chi connectivity index (χ1v) is 11.0. The van der Waals surface area contributed by atoms with Gasteiger partial charge in [0, 0.05) is 24.1 Å². The van der Waals surface area contributed by atoms with Crippen molar-refractivity contribution in [2.45, 2.75) is 19.4 Å². The summed E-state index contributed by atoms with van der Waals surface area (Å²) in [4.78, 5) is 25.3. The Balaban J connectivity index is 1.47. The van der Waals surface area contributed by atoms with Crippen molar-refractivity contribution >= 4 is 34.6 Å². The van der Waals surface area contributed by atoms with Gasteiger partial charge in [-0.05, 0) is 47.3 Å². The number of methoxy groups -OCH3 is 2. The fraction of sp³-hybridized carbons (Fsp3) is 0.208. The number of amides is 2. The number of nitrogens with zero attached hydrogens (tertiary/aromatic N) is 2. The molecule has 32 heavy (non-hydrogen) atoms. The van der Waals surface area contributed by atoms with Crippen LogP contribution in [0.3, 0.4) is 0 Å². The molecule has 0 unspecified atom stereocenters. The van der Waals surface area contributed by atoms with Crippen molar-refractivity contribution in [2.24, 2.45) is 5.10 Å². The molecule has 1 N–H and O–H groups in total. The zero-order valence-electron chi connectivity index (χ0n) is 17.8. The first-order chi connectivity index (χ1) is 15.6. The second-order valence-corrected chi connectivity index (χ2v) is 8.14. The minimum Gasteiger partial charge on any atom is -0.493 e. The SMILES string of the molecule is COc1ccc(C2=NN(Cc3ccc(NC(=O)c4cccs4)cc3)C(=O)CC2)cc1OC. The van der Waals surface area contributed by atoms with Gasteiger partial charge in [-0.25, -0.2) is 5.01 Å². The van der Waals surface area contributed by atoms with Gasteiger partial charge in [0.25, 0.3) is 5.91 Å². The molecule has 1 aliphatic heterocycles. The molecule has 0 aliphatic carbocycles. The second-order valence-electron chi connectivity index (χ2n) is 7.20. The molecule has 1 aliphatic rings. The predicted octanol–water partition coefficient (Wildman–Crippen LogP) is 4.54. The fourth-order valence-corrected chi connectivity index (χ4v) is 4.03. The van der Waals surface area contributed by atoms with Gasteiger partial charge in [0.15, 0.2) is 11.5 Å². The third kappa shape index (κ3) is 4.81. The number of carbonyl (C=O) groups is 2. The van der Waals surface area contributed by atoms with Crippen molar-refractivity contribution in [3.8, 4) is 11.5 Å². The van der Waals surface area contributed by atoms with E-state index in [4.69, 9.17) is 9.47 Å². The highest BCUT2D eigenvalue weighted by Gasteiger charge is 2.22. The number of hydrogen-bond acceptors (Lipinski definition) is 6. The van der Waals surface area contributed by atoms with Gasteiger partial charge in [0.1, 0.15) is 0 Å². The standard InChI is InChI=1S/C24H23N3O4S/c1-30-20-11-7-17(14-21(20)31-2)19-10-12-23(28)27(26-19)15-16-5-8-18(9-6-16)25-24(29)22-4-3-13-32-22/h3-9,11,13-14H,10,12,15H2,1-2H3,(H,25,29). The molecule has 2 aromatic carbocycles. The molecular formula is C24H23N3O4S. The molecule has 2 heterocycles. The summed E-state index contributed by atoms with van der Waals surface area (Å²) in [5.41, 5.74) is 3.34. The highest BCUT2D eigenvalue weighted by Crippen LogP contribution is 2.29. The Hall–Kier alpha value is -3.65. The minimum atomic E-state index is -0.136. The maximum absolute atomic E-state index is 12.5. The Kier molecular flexibility index (Phi) is 6.51. The zero-order valence-corrected chi connectivity index (χ0v) is 18.6. The summed E-state index contributed by atoms with van der Waals surface area (Å²) in [5.74, 6) is 1.11. The zero-order chi connectivity index (χ0) is 22.5. The number of carbonyl (C=O) groups excluding carboxylic acids is 2. The van der Waals surface area contributed by atoms with E-state index in [9.17, 15) is 9.59 Å². The largest absolute Gasteiger partial charge is 0.493 e. The van der Waals surface area contributed by atoms with E-state index < -0.39 is 0 Å². The predicted molar refractivity (Wildman–Crippen MR) is 125 cm³/mol. The van der Waals surface area contributed by atoms with Gasteiger partial charge in [0.2, 0.25) is 5.91 Å². The molecule has 7 nitrogen and oxygen atoms in total. The minimum absolute atomic E-state index is 0.0238. The van der Waals surface area contributed by atoms with Crippen LogP contribution in [0, 0.1) is 0 Å². The molecular weight excluding hydrogens is 426 g/mol. The van der Waals surface area contributed by atoms with Gasteiger partial charge in [-0.2, -0.15) is 5.10 Å². The van der Waals surface area contributed by atoms with Crippen LogP contribution in [0.15, 0.2) is 65.1 Å². The Morgan fingerprint density at radius 1 is 1.06 bits per heavy atom. The van der Waals surface area contributed by atoms with E-state index in [2.05, 4.69) is 10.4 Å². The Morgan fingerprint density at radius 2 is 1.84 bits per heavy atom. The van der Waals surface area contributed by atoms with Gasteiger partial charge in [-0.3, -0.25) is 9.59 Å². The van der Waals surface area contributed by atoms with Crippen molar-refractivity contribution in [1.82, 2.24) is 5.01 Å². The number of anilines is 1. The number of hydrogen-bond donors (Lipinski definition) is 1. The molecule has 8 heteroatoms. The van der Waals surface area contributed by atoms with Crippen LogP contribution in [-0.4, -0.2) is 36.8 Å². The average Bonchev–Trinajstić information content (AvgIpc) is 3.36. The van der Waals surface area contributed by atoms with Crippen LogP contribution in [0.5, 0.6) is 11.5 Å². The lowest BCUT2D eigenvalue weighted by Crippen LogP contribution is -2.31. The number of rotatable bonds is 7. The smallest absolute Gasteiger partial charge is 0.265 e. The van der Waals surface area contributed by atoms with E-state index in [0.29, 0.717) is 41.4 Å². The quantitative estimate of drug-likeness (QED) is 0.574. The lowest BCUT2D eigenvalue weighted by atomic mass is 10.0. The number of thiophene rings is 1. The molecule has 0 bridgehead atoms. The summed E-state index contributed by atoms with van der Waals surface area (Å²) in [6.45, 7) is 0.356. The Morgan fingerprint density at radius 3 is 2.53 bits per heavy atom. The molecule has 0 saturated carbocycles. The van der Waals surface area contributed by atoms with Crippen LogP contribution >= 0.6 is 11.3 Å². The highest BCUT2D eigenvalue weighted by atomic mass is 32.1. The Labute approximate surface area is 190 Å². The molecule has 0 fully saturated rings. The fourth-order valence-electron chi connectivity index (χ4n) is 3.41. The van der Waals surface area contributed by atoms with Crippen LogP contribution in [0.25, 0.3) is 0 Å². The number of nitrogens with one attached hydrogen (secondary N) is 1. The summed E-state index contributed by atoms with van der Waals surface area (Å²) >= 11 is 1.39. The van der Waals surface area contributed by atoms with Crippen molar-refractivity contribution in [3.05, 3.63) is 76.0 Å². The van der Waals surface area contributed by atoms with E-state index >= 15 is 0 Å². The third-order valence-electron chi connectivity index (χ3n) is 5.11. The van der Waals surface area contributed by atoms with Gasteiger partial charge in [-0.15, -0.1) is 11.3 Å². The Bertz CT molecular complexity index is 1140. The van der Waals surface area contributed by atoms with Crippen molar-refractivity contribution in [3.63, 3.8) is 0 Å². The van der Waals surface area contributed by atoms with Crippen LogP contribution in [0.1, 0.15) is 33.6 Å². The maximum Gasteiger partial charge on any atom is 0.265 e. The van der Waals surface area contributed by atoms with Crippen molar-refractivity contribution in [2.75, 3.05) is 19.5 Å². The summed E-state index contributed by atoms with van der Waals surface area (Å²) in [7, 11) is 3.18. The van der Waals surface area contributed by atoms with Gasteiger partial charge in [-0.1, -0.05) is 18.2 Å². The van der Waals surface area contributed by atoms with Crippen LogP contribution < -0.4 is 14.8 Å². The van der Waals surface area contributed by atoms with E-state index in [0.717, 1.165) is 16.8 Å². The molecule has 164 valence electrons. The van der Waals surface area contributed by atoms with Crippen molar-refractivity contribution in [1.29, 1.82) is 0 Å². The molecule has 0 spiro atoms. The van der Waals surface area contributed by atoms with Gasteiger partial charge < -0.3 is 14.8 Å². The van der Waals surface area contributed by atoms with Crippen LogP contribution in [0.4, 0.5) is 5.69 Å². The summed E-state index contributed by atoms with van der Waals surface area (Å²) in [6, 6.07) is 16.7. The van der Waals surface area contributed by atoms with E-state index in [1.54, 1.807) is 20.3 Å². The highest BCUT2D eigenvalue weighted by molar-refractivity contribution is 7.12. The molecule has 0 radical (unpaired) electrons. The van der Waals surface area contributed by atoms with Crippen molar-refractivity contribution < 1.29 is 19.1 Å². The van der Waals surface area contributed by atoms with Crippen LogP contribution in [-0.2, 0) is 11.3 Å². The number of benzene rings is 2. The summed E-state index contributed by atoms with van der Waals surface area (Å²) < 4.78 is 10.7. The number of ether oxygens (including phenoxy) is 2. The molecule has 0 saturated heterocycles. The topological polar surface area (TPSA) is 80.2 Å². The first-order valence-electron chi connectivity index (χ1n) is 10.1. The lowest BCUT2D eigenvalue weighted by molar-refractivity contribution is -0.132. The lowest BCUT2D eigenvalue weighted by Gasteiger charge is -2.24. The molecule has 0 atom stereocenters. The first kappa shape index (κ1) is 21.6. The molecule has 2 amide bonds. The molecule has 1 aromatic heterocycles. The van der Waals surface area contributed by atoms with E-state index in [-0.39, 0.29) is 11.8 Å². The summed E-state index contributed by atoms with van der Waals surface area (Å²) in [6.07, 6.45) is 0.959. The van der Waals surface area contributed by atoms with E-state index in [1.807, 2.05) is 53.9 Å². The average molecular weight is 450 g/mol. The van der Waals surface area contributed by atoms with Gasteiger partial charge in [0.05, 0.1) is 31.4 Å². The third-order valence-corrected chi connectivity index (χ3v) is 5.98. The molecule has 3 aromatic rings. The van der Waals surface area contributed by atoms with Gasteiger partial charge >= 0.3 is 0 Å². The maximum atomic E-state index is 12.5. The van der Waals surface area contributed by atoms with E-state index in [1.165, 1.54) is 16.3 Å². The molecule has 4 rings (SSSR count).